The number of hydrogen-bond donors (Lipinski definition) is 12. The number of Topliss-reactive ketones (excluding diaryl/α,β-unsaturated/α-hetero) is 1. The molecule has 26 heteroatoms. The normalized spacial score (nSPS) is 19.9. The van der Waals surface area contributed by atoms with Crippen LogP contribution in [0.1, 0.15) is 75.0 Å². The molecule has 7 rings (SSSR count). The van der Waals surface area contributed by atoms with E-state index in [-0.39, 0.29) is 163 Å². The van der Waals surface area contributed by atoms with E-state index in [1.54, 1.807) is 4.90 Å². The molecule has 0 aromatic heterocycles. The van der Waals surface area contributed by atoms with Crippen molar-refractivity contribution in [3.63, 3.8) is 0 Å². The van der Waals surface area contributed by atoms with Crippen molar-refractivity contribution in [2.24, 2.45) is 11.7 Å². The molecule has 0 fully saturated rings. The number of nitrogens with two attached hydrogens (primary N) is 1. The van der Waals surface area contributed by atoms with Gasteiger partial charge in [-0.15, -0.1) is 0 Å². The van der Waals surface area contributed by atoms with Gasteiger partial charge in [-0.2, -0.15) is 0 Å². The molecular weight excluding hydrogens is 1040 g/mol. The summed E-state index contributed by atoms with van der Waals surface area (Å²) in [4.78, 5) is 127. The first-order valence-electron chi connectivity index (χ1n) is 26.7. The molecule has 1 unspecified atom stereocenters. The SMILES string of the molecule is NCCOCCOCCNC(=O)C1CCC=C(C(=O)NCCN2CCNC(=O)c3cccc(c3O)C(=O)NCCN3CCNC(=O)c4cccc(c4O)C(=O)NCCN(CCNC(=O)c4cccc(c4O)C(=O)NCC3)CC2)C1=O. The van der Waals surface area contributed by atoms with E-state index in [1.165, 1.54) is 60.7 Å². The number of rotatable bonds is 13. The van der Waals surface area contributed by atoms with E-state index in [9.17, 15) is 58.5 Å². The predicted molar refractivity (Wildman–Crippen MR) is 290 cm³/mol. The van der Waals surface area contributed by atoms with E-state index in [0.717, 1.165) is 0 Å². The molecule has 4 aliphatic rings. The molecule has 0 saturated heterocycles. The number of ether oxygens (including phenoxy) is 2. The number of nitrogens with one attached hydrogen (secondary N) is 8. The Kier molecular flexibility index (Phi) is 24.1. The Hall–Kier alpha value is -8.01. The molecule has 3 aromatic carbocycles. The van der Waals surface area contributed by atoms with Crippen molar-refractivity contribution in [3.8, 4) is 17.2 Å². The van der Waals surface area contributed by atoms with Gasteiger partial charge < -0.3 is 73.1 Å². The maximum atomic E-state index is 13.6. The standard InChI is InChI=1S/C54H72N12O14/c55-13-31-79-33-34-80-32-21-63-54(78)42-12-4-11-41(46(42)70)53(77)62-20-28-66-27-19-61-52(76)40-10-3-7-37(45(40)69)49(73)58-16-24-64-22-14-56-47(71)35-5-1-8-38(43(35)67)50(74)59-17-25-65(29-30-66)26-18-60-51(75)39-9-2-6-36(44(39)68)48(72)57-15-23-64/h1-3,5-11,42,67-69H,4,12-34,55H2,(H,56,71)(H,57,72)(H,58,73)(H,59,74)(H,60,75)(H,61,76)(H,62,77)(H,63,78). The van der Waals surface area contributed by atoms with E-state index in [1.807, 2.05) is 9.80 Å². The van der Waals surface area contributed by atoms with Crippen molar-refractivity contribution in [3.05, 3.63) is 99.6 Å². The molecule has 0 saturated carbocycles. The fourth-order valence-corrected chi connectivity index (χ4v) is 9.02. The Morgan fingerprint density at radius 3 is 1.31 bits per heavy atom. The zero-order valence-corrected chi connectivity index (χ0v) is 44.6. The van der Waals surface area contributed by atoms with Crippen LogP contribution >= 0.6 is 0 Å². The van der Waals surface area contributed by atoms with E-state index in [4.69, 9.17) is 15.2 Å². The first kappa shape index (κ1) is 61.2. The number of fused-ring (bicyclic) bond motifs is 21. The van der Waals surface area contributed by atoms with Gasteiger partial charge in [0.05, 0.1) is 65.4 Å². The van der Waals surface area contributed by atoms with Gasteiger partial charge in [0.1, 0.15) is 23.2 Å². The van der Waals surface area contributed by atoms with Gasteiger partial charge in [-0.1, -0.05) is 24.3 Å². The van der Waals surface area contributed by atoms with Crippen molar-refractivity contribution in [1.82, 2.24) is 57.2 Å². The largest absolute Gasteiger partial charge is 0.506 e. The molecule has 3 aromatic rings. The highest BCUT2D eigenvalue weighted by Crippen LogP contribution is 2.25. The highest BCUT2D eigenvalue weighted by molar-refractivity contribution is 6.25. The van der Waals surface area contributed by atoms with E-state index in [0.29, 0.717) is 32.8 Å². The molecule has 3 heterocycles. The number of para-hydroxylation sites is 3. The molecule has 26 nitrogen and oxygen atoms in total. The highest BCUT2D eigenvalue weighted by atomic mass is 16.5. The number of carbonyl (C=O) groups is 9. The Balaban J connectivity index is 1.23. The lowest BCUT2D eigenvalue weighted by atomic mass is 9.86. The Bertz CT molecular complexity index is 2650. The number of phenolic OH excluding ortho intramolecular Hbond substituents is 3. The molecule has 0 radical (unpaired) electrons. The Morgan fingerprint density at radius 1 is 0.512 bits per heavy atom. The summed E-state index contributed by atoms with van der Waals surface area (Å²) in [7, 11) is 0. The monoisotopic (exact) mass is 1110 g/mol. The quantitative estimate of drug-likeness (QED) is 0.0484. The summed E-state index contributed by atoms with van der Waals surface area (Å²) >= 11 is 0. The van der Waals surface area contributed by atoms with Gasteiger partial charge in [-0.05, 0) is 49.2 Å². The zero-order valence-electron chi connectivity index (χ0n) is 44.6. The van der Waals surface area contributed by atoms with Crippen molar-refractivity contribution in [2.45, 2.75) is 12.8 Å². The average Bonchev–Trinajstić information content (AvgIpc) is 3.46. The summed E-state index contributed by atoms with van der Waals surface area (Å²) in [5, 5.41) is 55.7. The van der Waals surface area contributed by atoms with Crippen molar-refractivity contribution < 1.29 is 67.9 Å². The van der Waals surface area contributed by atoms with Gasteiger partial charge in [0, 0.05) is 118 Å². The second-order valence-electron chi connectivity index (χ2n) is 18.8. The van der Waals surface area contributed by atoms with Gasteiger partial charge in [0.25, 0.3) is 41.4 Å². The van der Waals surface area contributed by atoms with Crippen LogP contribution in [0.15, 0.2) is 66.2 Å². The number of phenols is 3. The Labute approximate surface area is 462 Å². The lowest BCUT2D eigenvalue weighted by molar-refractivity contribution is -0.133. The van der Waals surface area contributed by atoms with E-state index in [2.05, 4.69) is 42.5 Å². The van der Waals surface area contributed by atoms with Crippen molar-refractivity contribution in [1.29, 1.82) is 0 Å². The molecule has 8 bridgehead atoms. The maximum Gasteiger partial charge on any atom is 0.255 e. The number of carbonyl (C=O) groups excluding carboxylic acids is 9. The van der Waals surface area contributed by atoms with Gasteiger partial charge in [-0.25, -0.2) is 0 Å². The molecule has 432 valence electrons. The molecule has 1 aliphatic carbocycles. The summed E-state index contributed by atoms with van der Waals surface area (Å²) < 4.78 is 10.7. The third-order valence-electron chi connectivity index (χ3n) is 13.4. The van der Waals surface area contributed by atoms with Crippen LogP contribution in [0.5, 0.6) is 17.2 Å². The number of allylic oxidation sites excluding steroid dienone is 1. The lowest BCUT2D eigenvalue weighted by Crippen LogP contribution is -2.46. The molecule has 1 atom stereocenters. The summed E-state index contributed by atoms with van der Waals surface area (Å²) in [6, 6.07) is 12.6. The third kappa shape index (κ3) is 17.8. The maximum absolute atomic E-state index is 13.6. The molecule has 80 heavy (non-hydrogen) atoms. The van der Waals surface area contributed by atoms with Gasteiger partial charge in [-0.3, -0.25) is 57.9 Å². The van der Waals surface area contributed by atoms with Gasteiger partial charge in [0.15, 0.2) is 5.78 Å². The van der Waals surface area contributed by atoms with Crippen LogP contribution in [0.4, 0.5) is 0 Å². The van der Waals surface area contributed by atoms with Gasteiger partial charge >= 0.3 is 0 Å². The number of nitrogens with zero attached hydrogens (tertiary/aromatic N) is 3. The number of amides is 8. The zero-order chi connectivity index (χ0) is 57.4. The van der Waals surface area contributed by atoms with Crippen molar-refractivity contribution >= 4 is 53.0 Å². The number of ketones is 1. The van der Waals surface area contributed by atoms with Crippen LogP contribution in [0.3, 0.4) is 0 Å². The summed E-state index contributed by atoms with van der Waals surface area (Å²) in [6.07, 6.45) is 2.02. The third-order valence-corrected chi connectivity index (χ3v) is 13.4. The molecule has 8 amide bonds. The highest BCUT2D eigenvalue weighted by Gasteiger charge is 2.34. The van der Waals surface area contributed by atoms with Gasteiger partial charge in [0.2, 0.25) is 5.91 Å². The second-order valence-corrected chi connectivity index (χ2v) is 18.8. The minimum atomic E-state index is -1.08. The minimum Gasteiger partial charge on any atom is -0.506 e. The Morgan fingerprint density at radius 2 is 0.900 bits per heavy atom. The first-order chi connectivity index (χ1) is 38.7. The van der Waals surface area contributed by atoms with Crippen LogP contribution in [0, 0.1) is 5.92 Å². The average molecular weight is 1110 g/mol. The number of benzene rings is 3. The smallest absolute Gasteiger partial charge is 0.255 e. The van der Waals surface area contributed by atoms with E-state index < -0.39 is 76.2 Å². The number of hydrogen-bond acceptors (Lipinski definition) is 18. The molecule has 13 N–H and O–H groups in total. The van der Waals surface area contributed by atoms with Crippen LogP contribution in [0.25, 0.3) is 0 Å². The van der Waals surface area contributed by atoms with Crippen LogP contribution < -0.4 is 48.3 Å². The molecule has 3 aliphatic heterocycles. The molecular formula is C54H72N12O14. The topological polar surface area (TPSA) is 365 Å². The van der Waals surface area contributed by atoms with E-state index >= 15 is 0 Å². The fourth-order valence-electron chi connectivity index (χ4n) is 9.02. The van der Waals surface area contributed by atoms with Crippen LogP contribution in [-0.4, -0.2) is 227 Å². The van der Waals surface area contributed by atoms with Crippen LogP contribution in [0.2, 0.25) is 0 Å². The summed E-state index contributed by atoms with van der Waals surface area (Å²) in [5.41, 5.74) is 4.28. The molecule has 0 spiro atoms. The summed E-state index contributed by atoms with van der Waals surface area (Å²) in [6.45, 7) is 3.48. The van der Waals surface area contributed by atoms with Crippen LogP contribution in [-0.2, 0) is 23.9 Å². The first-order valence-corrected chi connectivity index (χ1v) is 26.7. The second kappa shape index (κ2) is 31.5. The summed E-state index contributed by atoms with van der Waals surface area (Å²) in [5.74, 6) is -8.62. The predicted octanol–water partition coefficient (Wildman–Crippen LogP) is -2.35. The number of aromatic hydroxyl groups is 3. The fraction of sp³-hybridized carbons (Fsp3) is 0.463. The lowest BCUT2D eigenvalue weighted by Gasteiger charge is -2.28. The van der Waals surface area contributed by atoms with Crippen molar-refractivity contribution in [2.75, 3.05) is 144 Å². The minimum absolute atomic E-state index is 0.00355.